The van der Waals surface area contributed by atoms with E-state index in [-0.39, 0.29) is 0 Å². The van der Waals surface area contributed by atoms with Crippen LogP contribution in [0.1, 0.15) is 19.4 Å². The van der Waals surface area contributed by atoms with Gasteiger partial charge in [-0.05, 0) is 61.7 Å². The van der Waals surface area contributed by atoms with E-state index >= 15 is 0 Å². The Morgan fingerprint density at radius 2 is 1.36 bits per heavy atom. The maximum absolute atomic E-state index is 5.55. The summed E-state index contributed by atoms with van der Waals surface area (Å²) in [5.74, 6) is 1.83. The van der Waals surface area contributed by atoms with Crippen molar-refractivity contribution in [2.45, 2.75) is 32.9 Å². The first-order valence-corrected chi connectivity index (χ1v) is 11.3. The predicted octanol–water partition coefficient (Wildman–Crippen LogP) is 4.94. The molecular weight excluding hydrogens is 414 g/mol. The lowest BCUT2D eigenvalue weighted by Gasteiger charge is -2.37. The van der Waals surface area contributed by atoms with Gasteiger partial charge < -0.3 is 24.4 Å². The standard InChI is InChI=1S/C27H33N3O3/c1-17-15-30(16-18(2)29-17)22-9-7-20(8-10-22)23-13-28-14-24(19(23)3)21-11-25(31-4)27(33-6)26(12-21)32-5/h7-14,17-18,29H,15-16H2,1-6H3/t17-,18+. The molecule has 1 fully saturated rings. The molecule has 0 aliphatic carbocycles. The summed E-state index contributed by atoms with van der Waals surface area (Å²) in [6.07, 6.45) is 3.82. The van der Waals surface area contributed by atoms with Crippen LogP contribution in [0.2, 0.25) is 0 Å². The number of anilines is 1. The summed E-state index contributed by atoms with van der Waals surface area (Å²) >= 11 is 0. The molecule has 3 aromatic rings. The minimum atomic E-state index is 0.482. The third-order valence-electron chi connectivity index (χ3n) is 6.29. The SMILES string of the molecule is COc1cc(-c2cncc(-c3ccc(N4C[C@@H](C)N[C@@H](C)C4)cc3)c2C)cc(OC)c1OC. The van der Waals surface area contributed by atoms with E-state index in [9.17, 15) is 0 Å². The first-order chi connectivity index (χ1) is 15.9. The van der Waals surface area contributed by atoms with E-state index < -0.39 is 0 Å². The number of pyridine rings is 1. The molecule has 1 N–H and O–H groups in total. The maximum atomic E-state index is 5.55. The van der Waals surface area contributed by atoms with Crippen LogP contribution in [0, 0.1) is 6.92 Å². The van der Waals surface area contributed by atoms with Crippen LogP contribution in [-0.2, 0) is 0 Å². The number of hydrogen-bond acceptors (Lipinski definition) is 6. The molecule has 1 aromatic heterocycles. The van der Waals surface area contributed by atoms with E-state index in [4.69, 9.17) is 14.2 Å². The molecule has 0 spiro atoms. The summed E-state index contributed by atoms with van der Waals surface area (Å²) < 4.78 is 16.6. The van der Waals surface area contributed by atoms with Crippen molar-refractivity contribution in [3.05, 3.63) is 54.4 Å². The van der Waals surface area contributed by atoms with Crippen LogP contribution >= 0.6 is 0 Å². The second-order valence-electron chi connectivity index (χ2n) is 8.69. The highest BCUT2D eigenvalue weighted by atomic mass is 16.5. The molecule has 0 radical (unpaired) electrons. The van der Waals surface area contributed by atoms with Gasteiger partial charge in [0.25, 0.3) is 0 Å². The highest BCUT2D eigenvalue weighted by molar-refractivity contribution is 5.80. The van der Waals surface area contributed by atoms with Gasteiger partial charge in [-0.25, -0.2) is 0 Å². The van der Waals surface area contributed by atoms with Gasteiger partial charge in [0.2, 0.25) is 5.75 Å². The fraction of sp³-hybridized carbons (Fsp3) is 0.370. The molecule has 1 saturated heterocycles. The molecule has 0 amide bonds. The molecule has 2 aromatic carbocycles. The Labute approximate surface area is 196 Å². The van der Waals surface area contributed by atoms with E-state index in [0.717, 1.165) is 40.9 Å². The zero-order valence-corrected chi connectivity index (χ0v) is 20.3. The minimum absolute atomic E-state index is 0.482. The number of ether oxygens (including phenoxy) is 3. The van der Waals surface area contributed by atoms with Crippen molar-refractivity contribution in [3.63, 3.8) is 0 Å². The van der Waals surface area contributed by atoms with Gasteiger partial charge >= 0.3 is 0 Å². The summed E-state index contributed by atoms with van der Waals surface area (Å²) in [5, 5.41) is 3.59. The largest absolute Gasteiger partial charge is 0.493 e. The number of aromatic nitrogens is 1. The van der Waals surface area contributed by atoms with Crippen LogP contribution in [0.15, 0.2) is 48.8 Å². The highest BCUT2D eigenvalue weighted by Gasteiger charge is 2.21. The number of hydrogen-bond donors (Lipinski definition) is 1. The lowest BCUT2D eigenvalue weighted by molar-refractivity contribution is 0.324. The van der Waals surface area contributed by atoms with Crippen LogP contribution < -0.4 is 24.4 Å². The number of methoxy groups -OCH3 is 3. The van der Waals surface area contributed by atoms with Gasteiger partial charge in [-0.3, -0.25) is 4.98 Å². The summed E-state index contributed by atoms with van der Waals surface area (Å²) in [6, 6.07) is 13.7. The summed E-state index contributed by atoms with van der Waals surface area (Å²) in [6.45, 7) is 8.63. The minimum Gasteiger partial charge on any atom is -0.493 e. The number of nitrogens with zero attached hydrogens (tertiary/aromatic N) is 2. The maximum Gasteiger partial charge on any atom is 0.203 e. The molecule has 0 unspecified atom stereocenters. The Morgan fingerprint density at radius 3 is 1.88 bits per heavy atom. The normalized spacial score (nSPS) is 18.2. The molecule has 6 heteroatoms. The summed E-state index contributed by atoms with van der Waals surface area (Å²) in [7, 11) is 4.87. The Balaban J connectivity index is 1.68. The molecule has 0 bridgehead atoms. The number of rotatable bonds is 6. The first-order valence-electron chi connectivity index (χ1n) is 11.3. The second-order valence-corrected chi connectivity index (χ2v) is 8.69. The smallest absolute Gasteiger partial charge is 0.203 e. The van der Waals surface area contributed by atoms with Gasteiger partial charge in [0.1, 0.15) is 0 Å². The molecule has 2 atom stereocenters. The molecule has 2 heterocycles. The molecule has 1 aliphatic heterocycles. The monoisotopic (exact) mass is 447 g/mol. The van der Waals surface area contributed by atoms with Crippen molar-refractivity contribution in [1.82, 2.24) is 10.3 Å². The van der Waals surface area contributed by atoms with E-state index in [1.165, 1.54) is 5.69 Å². The fourth-order valence-electron chi connectivity index (χ4n) is 4.73. The van der Waals surface area contributed by atoms with Crippen LogP contribution in [0.3, 0.4) is 0 Å². The third-order valence-corrected chi connectivity index (χ3v) is 6.29. The van der Waals surface area contributed by atoms with Crippen molar-refractivity contribution in [1.29, 1.82) is 0 Å². The molecule has 33 heavy (non-hydrogen) atoms. The zero-order valence-electron chi connectivity index (χ0n) is 20.3. The van der Waals surface area contributed by atoms with Crippen molar-refractivity contribution in [2.24, 2.45) is 0 Å². The van der Waals surface area contributed by atoms with Gasteiger partial charge in [-0.1, -0.05) is 12.1 Å². The molecular formula is C27H33N3O3. The lowest BCUT2D eigenvalue weighted by Crippen LogP contribution is -2.54. The van der Waals surface area contributed by atoms with Crippen molar-refractivity contribution in [2.75, 3.05) is 39.3 Å². The summed E-state index contributed by atoms with van der Waals surface area (Å²) in [4.78, 5) is 7.00. The zero-order chi connectivity index (χ0) is 23.5. The Morgan fingerprint density at radius 1 is 0.818 bits per heavy atom. The van der Waals surface area contributed by atoms with E-state index in [2.05, 4.69) is 60.2 Å². The number of piperazine rings is 1. The van der Waals surface area contributed by atoms with E-state index in [1.807, 2.05) is 24.5 Å². The Hall–Kier alpha value is -3.25. The van der Waals surface area contributed by atoms with Gasteiger partial charge in [0, 0.05) is 54.4 Å². The average Bonchev–Trinajstić information content (AvgIpc) is 2.82. The quantitative estimate of drug-likeness (QED) is 0.578. The van der Waals surface area contributed by atoms with Crippen LogP contribution in [0.4, 0.5) is 5.69 Å². The van der Waals surface area contributed by atoms with E-state index in [1.54, 1.807) is 21.3 Å². The molecule has 0 saturated carbocycles. The number of benzene rings is 2. The van der Waals surface area contributed by atoms with Gasteiger partial charge in [-0.2, -0.15) is 0 Å². The Bertz CT molecular complexity index is 1080. The molecule has 4 rings (SSSR count). The van der Waals surface area contributed by atoms with Crippen molar-refractivity contribution < 1.29 is 14.2 Å². The highest BCUT2D eigenvalue weighted by Crippen LogP contribution is 2.42. The topological polar surface area (TPSA) is 55.9 Å². The third kappa shape index (κ3) is 4.62. The Kier molecular flexibility index (Phi) is 6.75. The first kappa shape index (κ1) is 22.9. The number of nitrogens with one attached hydrogen (secondary N) is 1. The second kappa shape index (κ2) is 9.71. The predicted molar refractivity (Wildman–Crippen MR) is 134 cm³/mol. The van der Waals surface area contributed by atoms with Crippen molar-refractivity contribution >= 4 is 5.69 Å². The van der Waals surface area contributed by atoms with Gasteiger partial charge in [0.05, 0.1) is 21.3 Å². The fourth-order valence-corrected chi connectivity index (χ4v) is 4.73. The van der Waals surface area contributed by atoms with Crippen molar-refractivity contribution in [3.8, 4) is 39.5 Å². The van der Waals surface area contributed by atoms with Crippen LogP contribution in [0.25, 0.3) is 22.3 Å². The van der Waals surface area contributed by atoms with Crippen LogP contribution in [-0.4, -0.2) is 51.5 Å². The van der Waals surface area contributed by atoms with Crippen LogP contribution in [0.5, 0.6) is 17.2 Å². The van der Waals surface area contributed by atoms with Gasteiger partial charge in [-0.15, -0.1) is 0 Å². The molecule has 6 nitrogen and oxygen atoms in total. The van der Waals surface area contributed by atoms with Gasteiger partial charge in [0.15, 0.2) is 11.5 Å². The summed E-state index contributed by atoms with van der Waals surface area (Å²) in [5.41, 5.74) is 6.66. The lowest BCUT2D eigenvalue weighted by atomic mass is 9.95. The average molecular weight is 448 g/mol. The molecule has 1 aliphatic rings. The van der Waals surface area contributed by atoms with E-state index in [0.29, 0.717) is 29.3 Å². The molecule has 174 valence electrons.